The Morgan fingerprint density at radius 2 is 1.58 bits per heavy atom. The van der Waals surface area contributed by atoms with Crippen molar-refractivity contribution in [2.24, 2.45) is 0 Å². The number of unbranched alkanes of at least 4 members (excludes halogenated alkanes) is 1. The van der Waals surface area contributed by atoms with Crippen molar-refractivity contribution in [3.05, 3.63) is 5.53 Å². The molecular weight excluding hydrogens is 343 g/mol. The topological polar surface area (TPSA) is 134 Å². The fourth-order valence-corrected chi connectivity index (χ4v) is 2.88. The molecule has 24 heavy (non-hydrogen) atoms. The van der Waals surface area contributed by atoms with E-state index in [-0.39, 0.29) is 33.0 Å². The van der Waals surface area contributed by atoms with Gasteiger partial charge < -0.3 is 28.8 Å². The first kappa shape index (κ1) is 22.4. The third-order valence-electron chi connectivity index (χ3n) is 2.43. The zero-order chi connectivity index (χ0) is 18.4. The number of esters is 2. The average molecular weight is 366 g/mol. The van der Waals surface area contributed by atoms with Gasteiger partial charge in [-0.15, -0.1) is 4.79 Å². The Bertz CT molecular complexity index is 494. The number of nitrogens with zero attached hydrogens (tertiary/aromatic N) is 2. The quantitative estimate of drug-likeness (QED) is 0.119. The second-order valence-corrected chi connectivity index (χ2v) is 6.19. The average Bonchev–Trinajstić information content (AvgIpc) is 2.52. The molecule has 0 saturated carbocycles. The molecule has 0 aliphatic heterocycles. The van der Waals surface area contributed by atoms with Crippen LogP contribution in [0.3, 0.4) is 0 Å². The van der Waals surface area contributed by atoms with Crippen LogP contribution in [0.5, 0.6) is 0 Å². The molecule has 0 rings (SSSR count). The van der Waals surface area contributed by atoms with Gasteiger partial charge in [-0.3, -0.25) is 0 Å². The van der Waals surface area contributed by atoms with E-state index in [1.807, 2.05) is 0 Å². The first-order valence-electron chi connectivity index (χ1n) is 7.38. The summed E-state index contributed by atoms with van der Waals surface area (Å²) in [4.78, 5) is 25.6. The molecule has 0 aromatic heterocycles. The summed E-state index contributed by atoms with van der Waals surface area (Å²) < 4.78 is 36.5. The predicted octanol–water partition coefficient (Wildman–Crippen LogP) is 1.39. The fraction of sp³-hybridized carbons (Fsp3) is 0.769. The predicted molar refractivity (Wildman–Crippen MR) is 82.5 cm³/mol. The Hall–Kier alpha value is -1.57. The normalized spacial score (nSPS) is 10.8. The van der Waals surface area contributed by atoms with Gasteiger partial charge in [0.15, 0.2) is 0 Å². The molecule has 138 valence electrons. The highest BCUT2D eigenvalue weighted by Gasteiger charge is 2.47. The minimum atomic E-state index is -4.03. The highest BCUT2D eigenvalue weighted by Crippen LogP contribution is 2.49. The Morgan fingerprint density at radius 3 is 2.04 bits per heavy atom. The minimum absolute atomic E-state index is 0.00355. The van der Waals surface area contributed by atoms with E-state index in [1.165, 1.54) is 7.11 Å². The van der Waals surface area contributed by atoms with Gasteiger partial charge in [0.05, 0.1) is 26.4 Å². The standard InChI is InChI=1S/C13H23N2O8P/c1-4-22-24(18,23-5-2)12(15-14)13(17)21-9-7-6-8-20-11(16)10-19-3/h4-10H2,1-3H3. The van der Waals surface area contributed by atoms with E-state index in [9.17, 15) is 14.2 Å². The van der Waals surface area contributed by atoms with Crippen LogP contribution in [0.15, 0.2) is 0 Å². The third-order valence-corrected chi connectivity index (χ3v) is 4.42. The molecule has 0 fully saturated rings. The Balaban J connectivity index is 4.31. The molecule has 0 atom stereocenters. The lowest BCUT2D eigenvalue weighted by atomic mass is 10.3. The van der Waals surface area contributed by atoms with Crippen molar-refractivity contribution in [1.82, 2.24) is 0 Å². The van der Waals surface area contributed by atoms with Crippen molar-refractivity contribution in [3.8, 4) is 0 Å². The summed E-state index contributed by atoms with van der Waals surface area (Å²) in [6.07, 6.45) is 0.835. The van der Waals surface area contributed by atoms with E-state index in [2.05, 4.69) is 9.53 Å². The van der Waals surface area contributed by atoms with Crippen molar-refractivity contribution in [2.45, 2.75) is 26.7 Å². The molecule has 10 nitrogen and oxygen atoms in total. The van der Waals surface area contributed by atoms with Gasteiger partial charge >= 0.3 is 25.0 Å². The molecule has 0 saturated heterocycles. The highest BCUT2D eigenvalue weighted by molar-refractivity contribution is 7.74. The van der Waals surface area contributed by atoms with Gasteiger partial charge in [-0.25, -0.2) is 14.2 Å². The van der Waals surface area contributed by atoms with E-state index >= 15 is 0 Å². The molecule has 0 radical (unpaired) electrons. The van der Waals surface area contributed by atoms with Crippen LogP contribution in [0.2, 0.25) is 0 Å². The van der Waals surface area contributed by atoms with E-state index in [0.717, 1.165) is 0 Å². The van der Waals surface area contributed by atoms with Crippen LogP contribution >= 0.6 is 7.60 Å². The summed E-state index contributed by atoms with van der Waals surface area (Å²) >= 11 is 0. The SMILES string of the molecule is CCOP(=O)(OCC)C(=[N+]=[N-])C(=O)OCCCCOC(=O)COC. The van der Waals surface area contributed by atoms with E-state index < -0.39 is 25.0 Å². The Kier molecular flexibility index (Phi) is 12.0. The highest BCUT2D eigenvalue weighted by atomic mass is 31.2. The maximum absolute atomic E-state index is 12.4. The maximum Gasteiger partial charge on any atom is 0.484 e. The molecule has 0 aromatic carbocycles. The number of hydrogen-bond donors (Lipinski definition) is 0. The maximum atomic E-state index is 12.4. The molecule has 0 N–H and O–H groups in total. The van der Waals surface area contributed by atoms with Crippen molar-refractivity contribution in [2.75, 3.05) is 40.1 Å². The van der Waals surface area contributed by atoms with Crippen molar-refractivity contribution < 1.29 is 42.2 Å². The van der Waals surface area contributed by atoms with Crippen LogP contribution in [-0.4, -0.2) is 62.3 Å². The molecule has 0 aromatic rings. The van der Waals surface area contributed by atoms with Crippen LogP contribution in [0, 0.1) is 0 Å². The van der Waals surface area contributed by atoms with Gasteiger partial charge in [0.25, 0.3) is 0 Å². The van der Waals surface area contributed by atoms with Crippen LogP contribution in [-0.2, 0) is 37.4 Å². The summed E-state index contributed by atoms with van der Waals surface area (Å²) in [5.74, 6) is -1.59. The van der Waals surface area contributed by atoms with E-state index in [0.29, 0.717) is 12.8 Å². The number of ether oxygens (including phenoxy) is 3. The van der Waals surface area contributed by atoms with Crippen LogP contribution in [0.4, 0.5) is 0 Å². The summed E-state index contributed by atoms with van der Waals surface area (Å²) in [5.41, 5.74) is 8.12. The lowest BCUT2D eigenvalue weighted by molar-refractivity contribution is -0.148. The van der Waals surface area contributed by atoms with E-state index in [1.54, 1.807) is 13.8 Å². The second-order valence-electron chi connectivity index (χ2n) is 4.25. The smallest absolute Gasteiger partial charge is 0.464 e. The van der Waals surface area contributed by atoms with Crippen LogP contribution < -0.4 is 0 Å². The largest absolute Gasteiger partial charge is 0.484 e. The molecule has 0 bridgehead atoms. The molecule has 0 unspecified atom stereocenters. The Morgan fingerprint density at radius 1 is 1.04 bits per heavy atom. The zero-order valence-electron chi connectivity index (χ0n) is 14.1. The van der Waals surface area contributed by atoms with Crippen LogP contribution in [0.1, 0.15) is 26.7 Å². The first-order valence-corrected chi connectivity index (χ1v) is 8.92. The summed E-state index contributed by atoms with van der Waals surface area (Å²) in [7, 11) is -2.65. The second kappa shape index (κ2) is 12.8. The minimum Gasteiger partial charge on any atom is -0.464 e. The van der Waals surface area contributed by atoms with Gasteiger partial charge in [-0.1, -0.05) is 0 Å². The van der Waals surface area contributed by atoms with Gasteiger partial charge in [0.2, 0.25) is 0 Å². The number of methoxy groups -OCH3 is 1. The van der Waals surface area contributed by atoms with E-state index in [4.69, 9.17) is 24.1 Å². The summed E-state index contributed by atoms with van der Waals surface area (Å²) in [5, 5.41) is 0. The molecule has 0 aliphatic carbocycles. The lowest BCUT2D eigenvalue weighted by Gasteiger charge is -2.12. The molecule has 0 spiro atoms. The van der Waals surface area contributed by atoms with Gasteiger partial charge in [0, 0.05) is 7.11 Å². The van der Waals surface area contributed by atoms with Crippen molar-refractivity contribution in [3.63, 3.8) is 0 Å². The van der Waals surface area contributed by atoms with Crippen LogP contribution in [0.25, 0.3) is 5.53 Å². The summed E-state index contributed by atoms with van der Waals surface area (Å²) in [6.45, 7) is 3.07. The number of carbonyl (C=O) groups is 2. The van der Waals surface area contributed by atoms with Gasteiger partial charge in [-0.05, 0) is 26.7 Å². The number of rotatable bonds is 13. The molecule has 0 amide bonds. The molecule has 11 heteroatoms. The van der Waals surface area contributed by atoms with Crippen molar-refractivity contribution >= 4 is 25.0 Å². The lowest BCUT2D eigenvalue weighted by Crippen LogP contribution is -2.22. The molecule has 0 aliphatic rings. The number of hydrogen-bond acceptors (Lipinski definition) is 8. The fourth-order valence-electron chi connectivity index (χ4n) is 1.49. The Labute approximate surface area is 140 Å². The monoisotopic (exact) mass is 366 g/mol. The zero-order valence-corrected chi connectivity index (χ0v) is 15.0. The van der Waals surface area contributed by atoms with Crippen molar-refractivity contribution in [1.29, 1.82) is 0 Å². The molecular formula is C13H23N2O8P. The van der Waals surface area contributed by atoms with Gasteiger partial charge in [-0.2, -0.15) is 0 Å². The van der Waals surface area contributed by atoms with Gasteiger partial charge in [0.1, 0.15) is 6.61 Å². The summed E-state index contributed by atoms with van der Waals surface area (Å²) in [6, 6.07) is 0. The first-order chi connectivity index (χ1) is 11.4. The number of carbonyl (C=O) groups excluding carboxylic acids is 2. The molecule has 0 heterocycles. The third kappa shape index (κ3) is 8.33.